The highest BCUT2D eigenvalue weighted by Crippen LogP contribution is 2.20. The Kier molecular flexibility index (Phi) is 3.51. The van der Waals surface area contributed by atoms with Crippen LogP contribution in [0, 0.1) is 0 Å². The van der Waals surface area contributed by atoms with Gasteiger partial charge in [0.25, 0.3) is 0 Å². The zero-order valence-electron chi connectivity index (χ0n) is 8.46. The number of hydrogen-bond acceptors (Lipinski definition) is 2. The molecule has 0 N–H and O–H groups in total. The highest BCUT2D eigenvalue weighted by atomic mass is 32.2. The number of sulfone groups is 1. The SMILES string of the molecule is C/C=C/[C@@H](C)S(=O)(=O)C(C)(C)C. The molecule has 0 aliphatic heterocycles. The lowest BCUT2D eigenvalue weighted by Crippen LogP contribution is -2.34. The van der Waals surface area contributed by atoms with Crippen LogP contribution < -0.4 is 0 Å². The second-order valence-corrected chi connectivity index (χ2v) is 6.95. The second-order valence-electron chi connectivity index (χ2n) is 3.89. The van der Waals surface area contributed by atoms with Gasteiger partial charge in [0.05, 0.1) is 10.00 Å². The molecule has 72 valence electrons. The van der Waals surface area contributed by atoms with Gasteiger partial charge in [0, 0.05) is 0 Å². The van der Waals surface area contributed by atoms with Gasteiger partial charge in [-0.05, 0) is 34.6 Å². The molecule has 0 aliphatic rings. The third-order valence-corrected chi connectivity index (χ3v) is 4.65. The Morgan fingerprint density at radius 2 is 1.67 bits per heavy atom. The molecular weight excluding hydrogens is 172 g/mol. The molecule has 0 radical (unpaired) electrons. The van der Waals surface area contributed by atoms with E-state index in [2.05, 4.69) is 0 Å². The molecule has 0 unspecified atom stereocenters. The summed E-state index contributed by atoms with van der Waals surface area (Å²) in [6.45, 7) is 8.71. The van der Waals surface area contributed by atoms with Crippen molar-refractivity contribution in [3.8, 4) is 0 Å². The van der Waals surface area contributed by atoms with E-state index in [4.69, 9.17) is 0 Å². The van der Waals surface area contributed by atoms with Crippen molar-refractivity contribution < 1.29 is 8.42 Å². The third kappa shape index (κ3) is 2.34. The van der Waals surface area contributed by atoms with Gasteiger partial charge in [0.15, 0.2) is 9.84 Å². The lowest BCUT2D eigenvalue weighted by Gasteiger charge is -2.22. The molecule has 0 heterocycles. The van der Waals surface area contributed by atoms with Gasteiger partial charge in [-0.1, -0.05) is 12.2 Å². The molecule has 0 aromatic carbocycles. The van der Waals surface area contributed by atoms with E-state index in [1.807, 2.05) is 6.92 Å². The van der Waals surface area contributed by atoms with Crippen LogP contribution >= 0.6 is 0 Å². The molecule has 12 heavy (non-hydrogen) atoms. The van der Waals surface area contributed by atoms with E-state index in [-0.39, 0.29) is 5.25 Å². The molecule has 0 fully saturated rings. The summed E-state index contributed by atoms with van der Waals surface area (Å²) in [5.41, 5.74) is 0. The monoisotopic (exact) mass is 190 g/mol. The normalized spacial score (nSPS) is 16.8. The minimum absolute atomic E-state index is 0.387. The van der Waals surface area contributed by atoms with Crippen molar-refractivity contribution >= 4 is 9.84 Å². The van der Waals surface area contributed by atoms with Gasteiger partial charge >= 0.3 is 0 Å². The molecule has 0 aromatic heterocycles. The number of hydrogen-bond donors (Lipinski definition) is 0. The van der Waals surface area contributed by atoms with E-state index < -0.39 is 14.6 Å². The van der Waals surface area contributed by atoms with E-state index in [1.165, 1.54) is 0 Å². The quantitative estimate of drug-likeness (QED) is 0.625. The smallest absolute Gasteiger partial charge is 0.161 e. The zero-order valence-corrected chi connectivity index (χ0v) is 9.27. The molecule has 3 heteroatoms. The fourth-order valence-electron chi connectivity index (χ4n) is 0.932. The van der Waals surface area contributed by atoms with Gasteiger partial charge in [-0.25, -0.2) is 8.42 Å². The Morgan fingerprint density at radius 1 is 1.25 bits per heavy atom. The molecule has 0 rings (SSSR count). The van der Waals surface area contributed by atoms with Crippen LogP contribution in [-0.2, 0) is 9.84 Å². The van der Waals surface area contributed by atoms with Crippen molar-refractivity contribution in [1.82, 2.24) is 0 Å². The Morgan fingerprint density at radius 3 is 1.92 bits per heavy atom. The van der Waals surface area contributed by atoms with Gasteiger partial charge in [-0.3, -0.25) is 0 Å². The zero-order chi connectivity index (χ0) is 9.99. The van der Waals surface area contributed by atoms with E-state index in [9.17, 15) is 8.42 Å². The fraction of sp³-hybridized carbons (Fsp3) is 0.778. The standard InChI is InChI=1S/C9H18O2S/c1-6-7-8(2)12(10,11)9(3,4)5/h6-8H,1-5H3/b7-6+/t8-/m1/s1. The van der Waals surface area contributed by atoms with Crippen molar-refractivity contribution in [3.05, 3.63) is 12.2 Å². The van der Waals surface area contributed by atoms with Crippen molar-refractivity contribution in [1.29, 1.82) is 0 Å². The van der Waals surface area contributed by atoms with E-state index in [0.29, 0.717) is 0 Å². The maximum Gasteiger partial charge on any atom is 0.161 e. The Hall–Kier alpha value is -0.310. The highest BCUT2D eigenvalue weighted by Gasteiger charge is 2.32. The maximum atomic E-state index is 11.7. The molecule has 0 bridgehead atoms. The van der Waals surface area contributed by atoms with Crippen molar-refractivity contribution in [3.63, 3.8) is 0 Å². The van der Waals surface area contributed by atoms with Gasteiger partial charge in [0.1, 0.15) is 0 Å². The van der Waals surface area contributed by atoms with Crippen LogP contribution in [0.25, 0.3) is 0 Å². The molecule has 0 aromatic rings. The topological polar surface area (TPSA) is 34.1 Å². The Balaban J connectivity index is 4.89. The number of rotatable bonds is 2. The Labute approximate surface area is 75.6 Å². The third-order valence-electron chi connectivity index (χ3n) is 1.81. The summed E-state index contributed by atoms with van der Waals surface area (Å²) in [4.78, 5) is 0. The van der Waals surface area contributed by atoms with E-state index in [1.54, 1.807) is 39.8 Å². The summed E-state index contributed by atoms with van der Waals surface area (Å²) in [7, 11) is -3.03. The van der Waals surface area contributed by atoms with E-state index in [0.717, 1.165) is 0 Å². The average molecular weight is 190 g/mol. The van der Waals surface area contributed by atoms with Gasteiger partial charge in [0.2, 0.25) is 0 Å². The van der Waals surface area contributed by atoms with Crippen LogP contribution in [0.15, 0.2) is 12.2 Å². The summed E-state index contributed by atoms with van der Waals surface area (Å²) < 4.78 is 22.7. The Bertz CT molecular complexity index is 255. The van der Waals surface area contributed by atoms with E-state index >= 15 is 0 Å². The second kappa shape index (κ2) is 3.60. The molecule has 0 amide bonds. The van der Waals surface area contributed by atoms with Gasteiger partial charge in [-0.2, -0.15) is 0 Å². The van der Waals surface area contributed by atoms with Gasteiger partial charge < -0.3 is 0 Å². The summed E-state index contributed by atoms with van der Waals surface area (Å²) in [5.74, 6) is 0. The lowest BCUT2D eigenvalue weighted by atomic mass is 10.3. The first-order valence-corrected chi connectivity index (χ1v) is 5.64. The first-order valence-electron chi connectivity index (χ1n) is 4.09. The predicted molar refractivity (Wildman–Crippen MR) is 52.9 cm³/mol. The molecule has 0 aliphatic carbocycles. The van der Waals surface area contributed by atoms with Gasteiger partial charge in [-0.15, -0.1) is 0 Å². The molecule has 0 saturated heterocycles. The highest BCUT2D eigenvalue weighted by molar-refractivity contribution is 7.93. The fourth-order valence-corrected chi connectivity index (χ4v) is 2.41. The lowest BCUT2D eigenvalue weighted by molar-refractivity contribution is 0.555. The average Bonchev–Trinajstić information content (AvgIpc) is 1.85. The van der Waals surface area contributed by atoms with Crippen LogP contribution in [-0.4, -0.2) is 18.4 Å². The van der Waals surface area contributed by atoms with Crippen LogP contribution in [0.3, 0.4) is 0 Å². The summed E-state index contributed by atoms with van der Waals surface area (Å²) >= 11 is 0. The molecule has 1 atom stereocenters. The van der Waals surface area contributed by atoms with Crippen molar-refractivity contribution in [2.45, 2.75) is 44.6 Å². The van der Waals surface area contributed by atoms with Crippen molar-refractivity contribution in [2.75, 3.05) is 0 Å². The minimum Gasteiger partial charge on any atom is -0.228 e. The van der Waals surface area contributed by atoms with Crippen LogP contribution in [0.4, 0.5) is 0 Å². The van der Waals surface area contributed by atoms with Crippen LogP contribution in [0.1, 0.15) is 34.6 Å². The first-order chi connectivity index (χ1) is 5.23. The minimum atomic E-state index is -3.03. The van der Waals surface area contributed by atoms with Crippen LogP contribution in [0.2, 0.25) is 0 Å². The number of allylic oxidation sites excluding steroid dienone is 1. The predicted octanol–water partition coefficient (Wildman–Crippen LogP) is 2.16. The summed E-state index contributed by atoms with van der Waals surface area (Å²) in [6, 6.07) is 0. The molecular formula is C9H18O2S. The van der Waals surface area contributed by atoms with Crippen molar-refractivity contribution in [2.24, 2.45) is 0 Å². The molecule has 2 nitrogen and oxygen atoms in total. The van der Waals surface area contributed by atoms with Crippen LogP contribution in [0.5, 0.6) is 0 Å². The first kappa shape index (κ1) is 11.7. The summed E-state index contributed by atoms with van der Waals surface area (Å²) in [5, 5.41) is -0.387. The molecule has 0 spiro atoms. The summed E-state index contributed by atoms with van der Waals surface area (Å²) in [6.07, 6.45) is 3.48. The maximum absolute atomic E-state index is 11.7. The molecule has 0 saturated carbocycles. The largest absolute Gasteiger partial charge is 0.228 e.